The molecule has 3 N–H and O–H groups in total. The molecule has 3 aromatic rings. The summed E-state index contributed by atoms with van der Waals surface area (Å²) < 4.78 is 12.8. The third-order valence-electron chi connectivity index (χ3n) is 8.04. The molecular formula is C31H40ClN8O2P. The third-order valence-corrected chi connectivity index (χ3v) is 9.86. The molecule has 2 fully saturated rings. The lowest BCUT2D eigenvalue weighted by atomic mass is 10.0. The molecule has 2 aromatic carbocycles. The Morgan fingerprint density at radius 2 is 1.74 bits per heavy atom. The van der Waals surface area contributed by atoms with E-state index in [0.717, 1.165) is 57.8 Å². The first-order valence-electron chi connectivity index (χ1n) is 14.6. The number of likely N-dealkylation sites (N-methyl/N-ethyl adjacent to an activating group) is 1. The lowest BCUT2D eigenvalue weighted by Crippen LogP contribution is -2.52. The first-order valence-corrected chi connectivity index (χ1v) is 17.5. The third kappa shape index (κ3) is 7.75. The van der Waals surface area contributed by atoms with Crippen LogP contribution in [0.4, 0.5) is 34.5 Å². The molecule has 10 nitrogen and oxygen atoms in total. The molecular weight excluding hydrogens is 583 g/mol. The number of piperazine rings is 1. The fourth-order valence-corrected chi connectivity index (χ4v) is 6.95. The summed E-state index contributed by atoms with van der Waals surface area (Å²) in [5.41, 5.74) is 3.04. The summed E-state index contributed by atoms with van der Waals surface area (Å²) in [6, 6.07) is 13.9. The standard InChI is InChI=1S/C31H40ClN8O2P/c1-5-29(41)35-26-20-22(10-11-27(26)40-14-12-23(13-15-40)39-18-16-38(2)17-19-39)34-31-33-21-24(32)30(37-31)36-25-8-6-7-9-28(25)43(3,4)42/h5-11,20-21,23H,1,12-19H2,2-4H3,(H,35,41)(H2,33,34,36,37). The Morgan fingerprint density at radius 3 is 2.44 bits per heavy atom. The van der Waals surface area contributed by atoms with E-state index in [4.69, 9.17) is 11.6 Å². The number of hydrogen-bond donors (Lipinski definition) is 3. The second-order valence-corrected chi connectivity index (χ2v) is 15.1. The highest BCUT2D eigenvalue weighted by atomic mass is 35.5. The Balaban J connectivity index is 1.33. The van der Waals surface area contributed by atoms with Crippen LogP contribution < -0.4 is 26.2 Å². The SMILES string of the molecule is C=CC(=O)Nc1cc(Nc2ncc(Cl)c(Nc3ccccc3P(C)(C)=O)n2)ccc1N1CCC(N2CCN(C)CC2)CC1. The largest absolute Gasteiger partial charge is 0.370 e. The maximum Gasteiger partial charge on any atom is 0.247 e. The first-order chi connectivity index (χ1) is 20.6. The summed E-state index contributed by atoms with van der Waals surface area (Å²) in [5.74, 6) is 0.435. The molecule has 2 aliphatic rings. The van der Waals surface area contributed by atoms with Crippen molar-refractivity contribution in [2.24, 2.45) is 0 Å². The van der Waals surface area contributed by atoms with Crippen molar-refractivity contribution in [2.75, 3.05) is 80.5 Å². The quantitative estimate of drug-likeness (QED) is 0.219. The molecule has 0 spiro atoms. The van der Waals surface area contributed by atoms with Crippen molar-refractivity contribution in [2.45, 2.75) is 18.9 Å². The number of anilines is 6. The van der Waals surface area contributed by atoms with Crippen LogP contribution in [0.3, 0.4) is 0 Å². The number of aromatic nitrogens is 2. The van der Waals surface area contributed by atoms with Crippen molar-refractivity contribution >= 4 is 64.5 Å². The van der Waals surface area contributed by atoms with Gasteiger partial charge in [0.2, 0.25) is 11.9 Å². The Kier molecular flexibility index (Phi) is 9.72. The van der Waals surface area contributed by atoms with E-state index in [1.165, 1.54) is 12.3 Å². The molecule has 0 radical (unpaired) electrons. The molecule has 3 heterocycles. The molecule has 2 saturated heterocycles. The molecule has 0 unspecified atom stereocenters. The van der Waals surface area contributed by atoms with Crippen molar-refractivity contribution < 1.29 is 9.36 Å². The topological polar surface area (TPSA) is 106 Å². The Bertz CT molecular complexity index is 1510. The maximum absolute atomic E-state index is 12.8. The van der Waals surface area contributed by atoms with Gasteiger partial charge in [-0.15, -0.1) is 0 Å². The highest BCUT2D eigenvalue weighted by Gasteiger charge is 2.28. The number of para-hydroxylation sites is 1. The van der Waals surface area contributed by atoms with Gasteiger partial charge in [0.1, 0.15) is 12.2 Å². The van der Waals surface area contributed by atoms with Gasteiger partial charge in [-0.25, -0.2) is 4.98 Å². The highest BCUT2D eigenvalue weighted by Crippen LogP contribution is 2.39. The molecule has 1 aromatic heterocycles. The molecule has 2 aliphatic heterocycles. The number of nitrogens with zero attached hydrogens (tertiary/aromatic N) is 5. The van der Waals surface area contributed by atoms with Crippen LogP contribution in [0.1, 0.15) is 12.8 Å². The molecule has 0 aliphatic carbocycles. The Hall–Kier alpha value is -3.43. The van der Waals surface area contributed by atoms with Gasteiger partial charge < -0.3 is 30.3 Å². The normalized spacial score (nSPS) is 17.0. The summed E-state index contributed by atoms with van der Waals surface area (Å²) in [6.07, 6.45) is 4.95. The molecule has 0 atom stereocenters. The summed E-state index contributed by atoms with van der Waals surface area (Å²) in [4.78, 5) is 28.7. The number of hydrogen-bond acceptors (Lipinski definition) is 9. The minimum atomic E-state index is -2.54. The molecule has 43 heavy (non-hydrogen) atoms. The second-order valence-electron chi connectivity index (χ2n) is 11.5. The van der Waals surface area contributed by atoms with E-state index >= 15 is 0 Å². The van der Waals surface area contributed by atoms with Crippen LogP contribution in [0.15, 0.2) is 61.3 Å². The number of piperidine rings is 1. The number of carbonyl (C=O) groups is 1. The lowest BCUT2D eigenvalue weighted by Gasteiger charge is -2.43. The minimum absolute atomic E-state index is 0.275. The van der Waals surface area contributed by atoms with Gasteiger partial charge in [0.05, 0.1) is 23.3 Å². The number of benzene rings is 2. The number of amides is 1. The van der Waals surface area contributed by atoms with E-state index < -0.39 is 7.14 Å². The monoisotopic (exact) mass is 622 g/mol. The van der Waals surface area contributed by atoms with E-state index in [1.807, 2.05) is 42.5 Å². The van der Waals surface area contributed by atoms with E-state index in [-0.39, 0.29) is 5.91 Å². The Morgan fingerprint density at radius 1 is 1.02 bits per heavy atom. The molecule has 12 heteroatoms. The van der Waals surface area contributed by atoms with Gasteiger partial charge in [-0.05, 0) is 69.6 Å². The van der Waals surface area contributed by atoms with Gasteiger partial charge in [-0.2, -0.15) is 4.98 Å². The van der Waals surface area contributed by atoms with Crippen molar-refractivity contribution in [3.8, 4) is 0 Å². The average Bonchev–Trinajstić information content (AvgIpc) is 2.99. The zero-order chi connectivity index (χ0) is 30.6. The zero-order valence-corrected chi connectivity index (χ0v) is 26.7. The fourth-order valence-electron chi connectivity index (χ4n) is 5.65. The van der Waals surface area contributed by atoms with E-state index in [0.29, 0.717) is 45.2 Å². The lowest BCUT2D eigenvalue weighted by molar-refractivity contribution is -0.111. The van der Waals surface area contributed by atoms with Crippen molar-refractivity contribution in [1.82, 2.24) is 19.8 Å². The van der Waals surface area contributed by atoms with Crippen LogP contribution in [-0.4, -0.2) is 91.4 Å². The van der Waals surface area contributed by atoms with E-state index in [1.54, 1.807) is 13.3 Å². The number of nitrogens with one attached hydrogen (secondary N) is 3. The predicted octanol–water partition coefficient (Wildman–Crippen LogP) is 5.21. The predicted molar refractivity (Wildman–Crippen MR) is 179 cm³/mol. The fraction of sp³-hybridized carbons (Fsp3) is 0.387. The van der Waals surface area contributed by atoms with Crippen LogP contribution in [0.5, 0.6) is 0 Å². The summed E-state index contributed by atoms with van der Waals surface area (Å²) in [7, 11) is -0.354. The second kappa shape index (κ2) is 13.5. The summed E-state index contributed by atoms with van der Waals surface area (Å²) in [6.45, 7) is 13.4. The van der Waals surface area contributed by atoms with Crippen LogP contribution in [-0.2, 0) is 9.36 Å². The Labute approximate surface area is 258 Å². The molecule has 0 bridgehead atoms. The molecule has 5 rings (SSSR count). The van der Waals surface area contributed by atoms with Gasteiger partial charge in [-0.1, -0.05) is 30.3 Å². The summed E-state index contributed by atoms with van der Waals surface area (Å²) in [5, 5.41) is 10.5. The number of halogens is 1. The maximum atomic E-state index is 12.8. The minimum Gasteiger partial charge on any atom is -0.370 e. The van der Waals surface area contributed by atoms with E-state index in [2.05, 4.69) is 54.2 Å². The van der Waals surface area contributed by atoms with Gasteiger partial charge in [0.15, 0.2) is 5.82 Å². The average molecular weight is 623 g/mol. The van der Waals surface area contributed by atoms with Crippen molar-refractivity contribution in [3.63, 3.8) is 0 Å². The first kappa shape index (κ1) is 31.0. The summed E-state index contributed by atoms with van der Waals surface area (Å²) >= 11 is 6.44. The van der Waals surface area contributed by atoms with E-state index in [9.17, 15) is 9.36 Å². The van der Waals surface area contributed by atoms with Gasteiger partial charge in [-0.3, -0.25) is 9.69 Å². The van der Waals surface area contributed by atoms with Gasteiger partial charge in [0, 0.05) is 56.3 Å². The van der Waals surface area contributed by atoms with Gasteiger partial charge in [0.25, 0.3) is 0 Å². The van der Waals surface area contributed by atoms with Crippen LogP contribution >= 0.6 is 18.7 Å². The smallest absolute Gasteiger partial charge is 0.247 e. The molecule has 0 saturated carbocycles. The van der Waals surface area contributed by atoms with Crippen LogP contribution in [0.25, 0.3) is 0 Å². The van der Waals surface area contributed by atoms with Crippen LogP contribution in [0.2, 0.25) is 5.02 Å². The molecule has 228 valence electrons. The molecule has 1 amide bonds. The van der Waals surface area contributed by atoms with Crippen molar-refractivity contribution in [1.29, 1.82) is 0 Å². The van der Waals surface area contributed by atoms with Crippen LogP contribution in [0, 0.1) is 0 Å². The highest BCUT2D eigenvalue weighted by molar-refractivity contribution is 7.70. The number of rotatable bonds is 9. The number of carbonyl (C=O) groups excluding carboxylic acids is 1. The zero-order valence-electron chi connectivity index (χ0n) is 25.0. The van der Waals surface area contributed by atoms with Gasteiger partial charge >= 0.3 is 0 Å². The van der Waals surface area contributed by atoms with Crippen molar-refractivity contribution in [3.05, 3.63) is 66.3 Å².